The minimum Gasteiger partial charge on any atom is -0.486 e. The van der Waals surface area contributed by atoms with Gasteiger partial charge in [0.05, 0.1) is 5.69 Å². The van der Waals surface area contributed by atoms with Crippen LogP contribution in [0.1, 0.15) is 28.2 Å². The average Bonchev–Trinajstić information content (AvgIpc) is 3.36. The van der Waals surface area contributed by atoms with Gasteiger partial charge in [0.25, 0.3) is 0 Å². The molecule has 0 bridgehead atoms. The van der Waals surface area contributed by atoms with Crippen molar-refractivity contribution in [2.75, 3.05) is 0 Å². The monoisotopic (exact) mass is 470 g/mol. The van der Waals surface area contributed by atoms with Gasteiger partial charge in [-0.2, -0.15) is 0 Å². The van der Waals surface area contributed by atoms with Crippen molar-refractivity contribution in [2.45, 2.75) is 38.3 Å². The van der Waals surface area contributed by atoms with Gasteiger partial charge in [0.15, 0.2) is 11.0 Å². The first-order chi connectivity index (χ1) is 14.9. The lowest BCUT2D eigenvalue weighted by Gasteiger charge is -2.10. The van der Waals surface area contributed by atoms with Gasteiger partial charge in [0, 0.05) is 28.8 Å². The van der Waals surface area contributed by atoms with E-state index in [9.17, 15) is 0 Å². The van der Waals surface area contributed by atoms with Crippen LogP contribution in [0, 0.1) is 20.8 Å². The third-order valence-electron chi connectivity index (χ3n) is 4.90. The van der Waals surface area contributed by atoms with E-state index in [1.54, 1.807) is 23.1 Å². The number of aryl methyl sites for hydroxylation is 3. The Morgan fingerprint density at radius 2 is 1.77 bits per heavy atom. The van der Waals surface area contributed by atoms with E-state index in [0.717, 1.165) is 54.9 Å². The summed E-state index contributed by atoms with van der Waals surface area (Å²) < 4.78 is 7.89. The van der Waals surface area contributed by atoms with Gasteiger partial charge in [-0.05, 0) is 44.0 Å². The first-order valence-electron chi connectivity index (χ1n) is 9.83. The number of hydrogen-bond acceptors (Lipinski definition) is 6. The third kappa shape index (κ3) is 5.11. The fourth-order valence-electron chi connectivity index (χ4n) is 3.07. The summed E-state index contributed by atoms with van der Waals surface area (Å²) in [5, 5.41) is 13.4. The van der Waals surface area contributed by atoms with Crippen molar-refractivity contribution in [2.24, 2.45) is 7.05 Å². The normalized spacial score (nSPS) is 11.1. The van der Waals surface area contributed by atoms with Crippen molar-refractivity contribution in [3.05, 3.63) is 75.0 Å². The highest BCUT2D eigenvalue weighted by Gasteiger charge is 2.12. The summed E-state index contributed by atoms with van der Waals surface area (Å²) in [5.41, 5.74) is 5.44. The zero-order chi connectivity index (χ0) is 22.0. The molecule has 8 heteroatoms. The van der Waals surface area contributed by atoms with E-state index in [0.29, 0.717) is 6.61 Å². The summed E-state index contributed by atoms with van der Waals surface area (Å²) in [5.74, 6) is 2.29. The maximum Gasteiger partial charge on any atom is 0.191 e. The van der Waals surface area contributed by atoms with Crippen LogP contribution in [0.15, 0.2) is 46.9 Å². The molecule has 0 atom stereocenters. The topological polar surface area (TPSA) is 52.8 Å². The predicted octanol–water partition coefficient (Wildman–Crippen LogP) is 6.39. The molecule has 2 aromatic carbocycles. The molecule has 0 aliphatic carbocycles. The van der Waals surface area contributed by atoms with Crippen molar-refractivity contribution < 1.29 is 4.74 Å². The molecule has 5 nitrogen and oxygen atoms in total. The molecule has 0 fully saturated rings. The van der Waals surface area contributed by atoms with E-state index >= 15 is 0 Å². The van der Waals surface area contributed by atoms with Crippen molar-refractivity contribution in [3.8, 4) is 16.3 Å². The standard InChI is InChI=1S/C23H23ClN4OS2/c1-14-5-7-17(8-6-14)22-25-18(12-30-22)13-31-23-27-26-20(28(23)4)11-29-19-9-15(2)21(24)16(3)10-19/h5-10,12H,11,13H2,1-4H3. The number of thiazole rings is 1. The van der Waals surface area contributed by atoms with Gasteiger partial charge in [-0.1, -0.05) is 53.2 Å². The molecular formula is C23H23ClN4OS2. The Balaban J connectivity index is 1.37. The Bertz CT molecular complexity index is 1180. The fourth-order valence-corrected chi connectivity index (χ4v) is 4.94. The van der Waals surface area contributed by atoms with Crippen LogP contribution in [0.25, 0.3) is 10.6 Å². The first kappa shape index (κ1) is 21.9. The Hall–Kier alpha value is -2.35. The molecule has 0 saturated heterocycles. The molecule has 0 unspecified atom stereocenters. The van der Waals surface area contributed by atoms with Crippen LogP contribution in [0.4, 0.5) is 0 Å². The number of rotatable bonds is 7. The second-order valence-corrected chi connectivity index (χ2v) is 9.59. The molecule has 0 aliphatic heterocycles. The number of aromatic nitrogens is 4. The first-order valence-corrected chi connectivity index (χ1v) is 12.1. The maximum atomic E-state index is 6.23. The largest absolute Gasteiger partial charge is 0.486 e. The van der Waals surface area contributed by atoms with Gasteiger partial charge in [-0.15, -0.1) is 21.5 Å². The molecule has 31 heavy (non-hydrogen) atoms. The van der Waals surface area contributed by atoms with Crippen LogP contribution in [0.3, 0.4) is 0 Å². The van der Waals surface area contributed by atoms with Gasteiger partial charge in [0.2, 0.25) is 0 Å². The lowest BCUT2D eigenvalue weighted by atomic mass is 10.1. The molecule has 0 saturated carbocycles. The van der Waals surface area contributed by atoms with Crippen molar-refractivity contribution in [3.63, 3.8) is 0 Å². The smallest absolute Gasteiger partial charge is 0.191 e. The highest BCUT2D eigenvalue weighted by Crippen LogP contribution is 2.29. The van der Waals surface area contributed by atoms with E-state index in [1.807, 2.05) is 37.6 Å². The van der Waals surface area contributed by atoms with E-state index in [4.69, 9.17) is 21.3 Å². The number of hydrogen-bond donors (Lipinski definition) is 0. The zero-order valence-corrected chi connectivity index (χ0v) is 20.2. The quantitative estimate of drug-likeness (QED) is 0.293. The number of halogens is 1. The second-order valence-electron chi connectivity index (χ2n) is 7.42. The Morgan fingerprint density at radius 1 is 1.06 bits per heavy atom. The lowest BCUT2D eigenvalue weighted by molar-refractivity contribution is 0.290. The van der Waals surface area contributed by atoms with Crippen LogP contribution in [-0.4, -0.2) is 19.7 Å². The third-order valence-corrected chi connectivity index (χ3v) is 7.49. The van der Waals surface area contributed by atoms with Crippen molar-refractivity contribution >= 4 is 34.7 Å². The Morgan fingerprint density at radius 3 is 2.48 bits per heavy atom. The number of thioether (sulfide) groups is 1. The highest BCUT2D eigenvalue weighted by atomic mass is 35.5. The van der Waals surface area contributed by atoms with Gasteiger partial charge < -0.3 is 9.30 Å². The zero-order valence-electron chi connectivity index (χ0n) is 17.8. The number of ether oxygens (including phenoxy) is 1. The van der Waals surface area contributed by atoms with Crippen LogP contribution in [0.5, 0.6) is 5.75 Å². The molecule has 0 N–H and O–H groups in total. The van der Waals surface area contributed by atoms with E-state index < -0.39 is 0 Å². The van der Waals surface area contributed by atoms with E-state index in [-0.39, 0.29) is 0 Å². The van der Waals surface area contributed by atoms with Crippen LogP contribution in [-0.2, 0) is 19.4 Å². The maximum absolute atomic E-state index is 6.23. The second kappa shape index (κ2) is 9.42. The molecule has 0 amide bonds. The van der Waals surface area contributed by atoms with Gasteiger partial charge in [-0.3, -0.25) is 0 Å². The average molecular weight is 471 g/mol. The minimum atomic E-state index is 0.346. The lowest BCUT2D eigenvalue weighted by Crippen LogP contribution is -2.04. The summed E-state index contributed by atoms with van der Waals surface area (Å²) in [4.78, 5) is 4.77. The SMILES string of the molecule is Cc1ccc(-c2nc(CSc3nnc(COc4cc(C)c(Cl)c(C)c4)n3C)cs2)cc1. The molecule has 2 aromatic heterocycles. The molecule has 0 spiro atoms. The molecule has 0 aliphatic rings. The number of nitrogens with zero attached hydrogens (tertiary/aromatic N) is 4. The van der Waals surface area contributed by atoms with Gasteiger partial charge in [0.1, 0.15) is 17.4 Å². The van der Waals surface area contributed by atoms with Crippen molar-refractivity contribution in [1.29, 1.82) is 0 Å². The Labute approximate surface area is 195 Å². The van der Waals surface area contributed by atoms with Crippen LogP contribution in [0.2, 0.25) is 5.02 Å². The summed E-state index contributed by atoms with van der Waals surface area (Å²) in [6, 6.07) is 12.3. The molecule has 2 heterocycles. The van der Waals surface area contributed by atoms with E-state index in [1.165, 1.54) is 5.56 Å². The summed E-state index contributed by atoms with van der Waals surface area (Å²) in [6.07, 6.45) is 0. The summed E-state index contributed by atoms with van der Waals surface area (Å²) in [6.45, 7) is 6.38. The highest BCUT2D eigenvalue weighted by molar-refractivity contribution is 7.98. The fraction of sp³-hybridized carbons (Fsp3) is 0.261. The summed E-state index contributed by atoms with van der Waals surface area (Å²) in [7, 11) is 1.96. The molecular weight excluding hydrogens is 448 g/mol. The Kier molecular flexibility index (Phi) is 6.65. The van der Waals surface area contributed by atoms with Crippen LogP contribution >= 0.6 is 34.7 Å². The minimum absolute atomic E-state index is 0.346. The van der Waals surface area contributed by atoms with Crippen molar-refractivity contribution in [1.82, 2.24) is 19.7 Å². The predicted molar refractivity (Wildman–Crippen MR) is 128 cm³/mol. The van der Waals surface area contributed by atoms with Gasteiger partial charge >= 0.3 is 0 Å². The molecule has 4 aromatic rings. The molecule has 160 valence electrons. The summed E-state index contributed by atoms with van der Waals surface area (Å²) >= 11 is 9.52. The number of benzene rings is 2. The van der Waals surface area contributed by atoms with Gasteiger partial charge in [-0.25, -0.2) is 4.98 Å². The molecule has 4 rings (SSSR count). The van der Waals surface area contributed by atoms with Crippen LogP contribution < -0.4 is 4.74 Å². The van der Waals surface area contributed by atoms with E-state index in [2.05, 4.69) is 46.8 Å². The molecule has 0 radical (unpaired) electrons.